The normalized spacial score (nSPS) is 16.0. The third-order valence-corrected chi connectivity index (χ3v) is 4.57. The molecule has 1 N–H and O–H groups in total. The number of thioether (sulfide) groups is 1. The van der Waals surface area contributed by atoms with Crippen molar-refractivity contribution >= 4 is 46.2 Å². The van der Waals surface area contributed by atoms with Gasteiger partial charge in [-0.1, -0.05) is 42.1 Å². The molecule has 0 unspecified atom stereocenters. The second-order valence-corrected chi connectivity index (χ2v) is 6.84. The monoisotopic (exact) mass is 358 g/mol. The van der Waals surface area contributed by atoms with Gasteiger partial charge in [0.2, 0.25) is 5.91 Å². The topological polar surface area (TPSA) is 62.6 Å². The van der Waals surface area contributed by atoms with Crippen LogP contribution in [0.5, 0.6) is 0 Å². The highest BCUT2D eigenvalue weighted by molar-refractivity contribution is 8.26. The number of benzene rings is 1. The van der Waals surface area contributed by atoms with E-state index in [-0.39, 0.29) is 22.6 Å². The molecular formula is C17H14N2O3S2. The van der Waals surface area contributed by atoms with Crippen molar-refractivity contribution in [3.05, 3.63) is 64.5 Å². The van der Waals surface area contributed by atoms with Crippen molar-refractivity contribution in [2.75, 3.05) is 0 Å². The van der Waals surface area contributed by atoms with E-state index in [1.807, 2.05) is 43.3 Å². The fraction of sp³-hybridized carbons (Fsp3) is 0.118. The SMILES string of the molecule is Cc1ccc(/C=C2\SC(=S)N(NC(=O)Cc3ccccc3)C2=O)o1. The fourth-order valence-electron chi connectivity index (χ4n) is 2.17. The Balaban J connectivity index is 1.68. The Kier molecular flexibility index (Phi) is 4.82. The van der Waals surface area contributed by atoms with E-state index in [0.29, 0.717) is 10.7 Å². The predicted molar refractivity (Wildman–Crippen MR) is 96.7 cm³/mol. The van der Waals surface area contributed by atoms with Crippen molar-refractivity contribution in [3.63, 3.8) is 0 Å². The Morgan fingerprint density at radius 2 is 2.04 bits per heavy atom. The molecule has 1 aliphatic heterocycles. The van der Waals surface area contributed by atoms with E-state index in [1.165, 1.54) is 0 Å². The highest BCUT2D eigenvalue weighted by Crippen LogP contribution is 2.31. The molecule has 0 bridgehead atoms. The maximum absolute atomic E-state index is 12.4. The van der Waals surface area contributed by atoms with Crippen LogP contribution in [0.15, 0.2) is 51.8 Å². The van der Waals surface area contributed by atoms with Crippen molar-refractivity contribution in [1.82, 2.24) is 10.4 Å². The second kappa shape index (κ2) is 7.02. The number of thiocarbonyl (C=S) groups is 1. The molecule has 24 heavy (non-hydrogen) atoms. The summed E-state index contributed by atoms with van der Waals surface area (Å²) in [5.41, 5.74) is 3.42. The predicted octanol–water partition coefficient (Wildman–Crippen LogP) is 3.06. The third kappa shape index (κ3) is 3.74. The Labute approximate surface area is 148 Å². The Morgan fingerprint density at radius 3 is 2.71 bits per heavy atom. The Bertz CT molecular complexity index is 827. The number of hydrogen-bond donors (Lipinski definition) is 1. The number of hydrogen-bond acceptors (Lipinski definition) is 5. The number of carbonyl (C=O) groups is 2. The van der Waals surface area contributed by atoms with E-state index < -0.39 is 0 Å². The Morgan fingerprint density at radius 1 is 1.29 bits per heavy atom. The van der Waals surface area contributed by atoms with Gasteiger partial charge in [-0.05, 0) is 36.8 Å². The zero-order chi connectivity index (χ0) is 17.1. The Hall–Kier alpha value is -2.38. The van der Waals surface area contributed by atoms with Crippen LogP contribution in [0.2, 0.25) is 0 Å². The van der Waals surface area contributed by atoms with Crippen LogP contribution >= 0.6 is 24.0 Å². The zero-order valence-electron chi connectivity index (χ0n) is 12.8. The summed E-state index contributed by atoms with van der Waals surface area (Å²) in [6.07, 6.45) is 1.80. The smallest absolute Gasteiger partial charge is 0.285 e. The van der Waals surface area contributed by atoms with Crippen LogP contribution in [-0.2, 0) is 16.0 Å². The number of hydrazine groups is 1. The maximum atomic E-state index is 12.4. The number of amides is 2. The minimum atomic E-state index is -0.361. The lowest BCUT2D eigenvalue weighted by Crippen LogP contribution is -2.45. The molecule has 1 aliphatic rings. The molecule has 1 aromatic heterocycles. The molecule has 0 spiro atoms. The summed E-state index contributed by atoms with van der Waals surface area (Å²) in [5.74, 6) is 0.671. The van der Waals surface area contributed by atoms with Crippen LogP contribution in [0.1, 0.15) is 17.1 Å². The molecule has 2 heterocycles. The van der Waals surface area contributed by atoms with Gasteiger partial charge in [-0.15, -0.1) is 0 Å². The van der Waals surface area contributed by atoms with E-state index in [9.17, 15) is 9.59 Å². The molecule has 2 aromatic rings. The molecule has 0 atom stereocenters. The van der Waals surface area contributed by atoms with Crippen molar-refractivity contribution < 1.29 is 14.0 Å². The van der Waals surface area contributed by atoms with Gasteiger partial charge in [-0.2, -0.15) is 5.01 Å². The highest BCUT2D eigenvalue weighted by atomic mass is 32.2. The zero-order valence-corrected chi connectivity index (χ0v) is 14.4. The number of aryl methyl sites for hydroxylation is 1. The standard InChI is InChI=1S/C17H14N2O3S2/c1-11-7-8-13(22-11)10-14-16(21)19(17(23)24-14)18-15(20)9-12-5-3-2-4-6-12/h2-8,10H,9H2,1H3,(H,18,20)/b14-10-. The molecule has 1 fully saturated rings. The summed E-state index contributed by atoms with van der Waals surface area (Å²) in [4.78, 5) is 24.9. The first-order valence-electron chi connectivity index (χ1n) is 7.21. The first-order valence-corrected chi connectivity index (χ1v) is 8.43. The molecule has 5 nitrogen and oxygen atoms in total. The summed E-state index contributed by atoms with van der Waals surface area (Å²) in [6.45, 7) is 1.83. The summed E-state index contributed by atoms with van der Waals surface area (Å²) in [6, 6.07) is 12.9. The van der Waals surface area contributed by atoms with Crippen LogP contribution in [-0.4, -0.2) is 21.1 Å². The van der Waals surface area contributed by atoms with Crippen LogP contribution in [0.4, 0.5) is 0 Å². The number of nitrogens with one attached hydrogen (secondary N) is 1. The van der Waals surface area contributed by atoms with Gasteiger partial charge < -0.3 is 4.42 Å². The first-order chi connectivity index (χ1) is 11.5. The minimum Gasteiger partial charge on any atom is -0.462 e. The summed E-state index contributed by atoms with van der Waals surface area (Å²) < 4.78 is 5.72. The molecule has 0 saturated carbocycles. The average molecular weight is 358 g/mol. The molecule has 0 aliphatic carbocycles. The molecular weight excluding hydrogens is 344 g/mol. The fourth-order valence-corrected chi connectivity index (χ4v) is 3.33. The molecule has 0 radical (unpaired) electrons. The molecule has 2 amide bonds. The van der Waals surface area contributed by atoms with E-state index in [4.69, 9.17) is 16.6 Å². The van der Waals surface area contributed by atoms with Gasteiger partial charge in [0.05, 0.1) is 11.3 Å². The van der Waals surface area contributed by atoms with Crippen molar-refractivity contribution in [2.24, 2.45) is 0 Å². The molecule has 122 valence electrons. The van der Waals surface area contributed by atoms with Crippen molar-refractivity contribution in [2.45, 2.75) is 13.3 Å². The van der Waals surface area contributed by atoms with E-state index >= 15 is 0 Å². The number of rotatable bonds is 4. The maximum Gasteiger partial charge on any atom is 0.285 e. The number of nitrogens with zero attached hydrogens (tertiary/aromatic N) is 1. The summed E-state index contributed by atoms with van der Waals surface area (Å²) in [5, 5.41) is 1.10. The number of furan rings is 1. The molecule has 1 aromatic carbocycles. The lowest BCUT2D eigenvalue weighted by molar-refractivity contribution is -0.132. The largest absolute Gasteiger partial charge is 0.462 e. The van der Waals surface area contributed by atoms with Crippen LogP contribution in [0.25, 0.3) is 6.08 Å². The molecule has 7 heteroatoms. The first kappa shape index (κ1) is 16.5. The van der Waals surface area contributed by atoms with Gasteiger partial charge >= 0.3 is 0 Å². The van der Waals surface area contributed by atoms with Crippen molar-refractivity contribution in [1.29, 1.82) is 0 Å². The van der Waals surface area contributed by atoms with Gasteiger partial charge in [0.25, 0.3) is 5.91 Å². The van der Waals surface area contributed by atoms with Gasteiger partial charge in [-0.25, -0.2) is 0 Å². The summed E-state index contributed by atoms with van der Waals surface area (Å²) in [7, 11) is 0. The molecule has 3 rings (SSSR count). The second-order valence-electron chi connectivity index (χ2n) is 5.16. The summed E-state index contributed by atoms with van der Waals surface area (Å²) >= 11 is 6.31. The lowest BCUT2D eigenvalue weighted by atomic mass is 10.1. The van der Waals surface area contributed by atoms with Gasteiger partial charge in [0, 0.05) is 6.08 Å². The third-order valence-electron chi connectivity index (χ3n) is 3.27. The number of carbonyl (C=O) groups excluding carboxylic acids is 2. The average Bonchev–Trinajstić information content (AvgIpc) is 3.07. The molecule has 1 saturated heterocycles. The quantitative estimate of drug-likeness (QED) is 0.672. The van der Waals surface area contributed by atoms with Gasteiger partial charge in [0.15, 0.2) is 4.32 Å². The van der Waals surface area contributed by atoms with E-state index in [0.717, 1.165) is 28.1 Å². The van der Waals surface area contributed by atoms with Crippen LogP contribution in [0, 0.1) is 6.92 Å². The minimum absolute atomic E-state index is 0.175. The van der Waals surface area contributed by atoms with Crippen LogP contribution < -0.4 is 5.43 Å². The van der Waals surface area contributed by atoms with Crippen molar-refractivity contribution in [3.8, 4) is 0 Å². The van der Waals surface area contributed by atoms with Gasteiger partial charge in [0.1, 0.15) is 11.5 Å². The highest BCUT2D eigenvalue weighted by Gasteiger charge is 2.33. The van der Waals surface area contributed by atoms with Gasteiger partial charge in [-0.3, -0.25) is 15.0 Å². The van der Waals surface area contributed by atoms with Crippen LogP contribution in [0.3, 0.4) is 0 Å². The van der Waals surface area contributed by atoms with E-state index in [1.54, 1.807) is 12.1 Å². The lowest BCUT2D eigenvalue weighted by Gasteiger charge is -2.15. The van der Waals surface area contributed by atoms with E-state index in [2.05, 4.69) is 5.43 Å².